The third-order valence-electron chi connectivity index (χ3n) is 2.48. The molecule has 90 valence electrons. The lowest BCUT2D eigenvalue weighted by Crippen LogP contribution is -2.10. The molecule has 0 radical (unpaired) electrons. The molecule has 1 rings (SSSR count). The van der Waals surface area contributed by atoms with Crippen LogP contribution in [0.15, 0.2) is 12.4 Å². The normalized spacial score (nSPS) is 14.5. The highest BCUT2D eigenvalue weighted by molar-refractivity contribution is 9.09. The highest BCUT2D eigenvalue weighted by Crippen LogP contribution is 2.25. The van der Waals surface area contributed by atoms with E-state index in [0.29, 0.717) is 23.2 Å². The van der Waals surface area contributed by atoms with Gasteiger partial charge in [0.15, 0.2) is 0 Å². The third kappa shape index (κ3) is 3.74. The van der Waals surface area contributed by atoms with Gasteiger partial charge in [0, 0.05) is 16.9 Å². The largest absolute Gasteiger partial charge is 0.477 e. The molecular weight excluding hydrogens is 268 g/mol. The molecular formula is C12H19BrN2O. The second-order valence-electron chi connectivity index (χ2n) is 3.84. The molecule has 0 saturated carbocycles. The van der Waals surface area contributed by atoms with Crippen molar-refractivity contribution in [2.75, 3.05) is 6.61 Å². The molecule has 0 aliphatic rings. The molecule has 0 aliphatic carbocycles. The molecule has 0 bridgehead atoms. The Balaban J connectivity index is 2.73. The Labute approximate surface area is 106 Å². The lowest BCUT2D eigenvalue weighted by atomic mass is 10.0. The Morgan fingerprint density at radius 3 is 2.75 bits per heavy atom. The lowest BCUT2D eigenvalue weighted by molar-refractivity contribution is 0.302. The Kier molecular flexibility index (Phi) is 5.74. The first kappa shape index (κ1) is 13.4. The van der Waals surface area contributed by atoms with E-state index in [0.717, 1.165) is 18.5 Å². The summed E-state index contributed by atoms with van der Waals surface area (Å²) in [6, 6.07) is 0. The van der Waals surface area contributed by atoms with Crippen LogP contribution < -0.4 is 4.74 Å². The van der Waals surface area contributed by atoms with Gasteiger partial charge in [-0.05, 0) is 12.8 Å². The van der Waals surface area contributed by atoms with E-state index >= 15 is 0 Å². The maximum Gasteiger partial charge on any atom is 0.232 e. The van der Waals surface area contributed by atoms with Gasteiger partial charge in [-0.1, -0.05) is 36.7 Å². The van der Waals surface area contributed by atoms with Crippen LogP contribution in [0.2, 0.25) is 0 Å². The average molecular weight is 287 g/mol. The van der Waals surface area contributed by atoms with E-state index in [4.69, 9.17) is 4.74 Å². The number of rotatable bonds is 6. The molecule has 1 heterocycles. The fourth-order valence-electron chi connectivity index (χ4n) is 1.40. The van der Waals surface area contributed by atoms with Crippen LogP contribution in [0.25, 0.3) is 0 Å². The molecule has 0 fully saturated rings. The van der Waals surface area contributed by atoms with Crippen molar-refractivity contribution < 1.29 is 4.74 Å². The standard InChI is InChI=1S/C12H19BrN2O/c1-4-6-16-12-8-14-7-11(15-12)9(3)10(13)5-2/h7-10H,4-6H2,1-3H3. The molecule has 3 nitrogen and oxygen atoms in total. The zero-order valence-electron chi connectivity index (χ0n) is 10.1. The summed E-state index contributed by atoms with van der Waals surface area (Å²) < 4.78 is 5.47. The SMILES string of the molecule is CCCOc1cncc(C(C)C(Br)CC)n1. The number of hydrogen-bond donors (Lipinski definition) is 0. The van der Waals surface area contributed by atoms with Crippen LogP contribution in [-0.2, 0) is 0 Å². The number of nitrogens with zero attached hydrogens (tertiary/aromatic N) is 2. The topological polar surface area (TPSA) is 35.0 Å². The van der Waals surface area contributed by atoms with E-state index in [2.05, 4.69) is 46.7 Å². The van der Waals surface area contributed by atoms with Crippen LogP contribution in [-0.4, -0.2) is 21.4 Å². The first-order valence-electron chi connectivity index (χ1n) is 5.77. The van der Waals surface area contributed by atoms with Gasteiger partial charge in [0.05, 0.1) is 18.5 Å². The van der Waals surface area contributed by atoms with Gasteiger partial charge in [0.2, 0.25) is 5.88 Å². The number of alkyl halides is 1. The van der Waals surface area contributed by atoms with E-state index < -0.39 is 0 Å². The number of halogens is 1. The highest BCUT2D eigenvalue weighted by Gasteiger charge is 2.16. The summed E-state index contributed by atoms with van der Waals surface area (Å²) in [5, 5.41) is 0. The van der Waals surface area contributed by atoms with Crippen molar-refractivity contribution in [3.05, 3.63) is 18.1 Å². The number of hydrogen-bond acceptors (Lipinski definition) is 3. The summed E-state index contributed by atoms with van der Waals surface area (Å²) in [5.41, 5.74) is 0.984. The quantitative estimate of drug-likeness (QED) is 0.751. The van der Waals surface area contributed by atoms with Crippen molar-refractivity contribution in [1.82, 2.24) is 9.97 Å². The van der Waals surface area contributed by atoms with E-state index in [1.165, 1.54) is 0 Å². The predicted octanol–water partition coefficient (Wildman–Crippen LogP) is 3.54. The van der Waals surface area contributed by atoms with Crippen molar-refractivity contribution in [1.29, 1.82) is 0 Å². The Morgan fingerprint density at radius 2 is 2.12 bits per heavy atom. The third-order valence-corrected chi connectivity index (χ3v) is 3.92. The van der Waals surface area contributed by atoms with Gasteiger partial charge in [0.1, 0.15) is 0 Å². The summed E-state index contributed by atoms with van der Waals surface area (Å²) in [5.74, 6) is 0.977. The molecule has 4 heteroatoms. The first-order valence-corrected chi connectivity index (χ1v) is 6.69. The van der Waals surface area contributed by atoms with E-state index in [1.807, 2.05) is 6.20 Å². The molecule has 0 aromatic carbocycles. The zero-order valence-corrected chi connectivity index (χ0v) is 11.7. The van der Waals surface area contributed by atoms with Gasteiger partial charge in [-0.3, -0.25) is 4.98 Å². The lowest BCUT2D eigenvalue weighted by Gasteiger charge is -2.16. The Hall–Kier alpha value is -0.640. The van der Waals surface area contributed by atoms with Gasteiger partial charge in [0.25, 0.3) is 0 Å². The number of ether oxygens (including phenoxy) is 1. The fourth-order valence-corrected chi connectivity index (χ4v) is 1.67. The minimum atomic E-state index is 0.350. The molecule has 0 saturated heterocycles. The number of aromatic nitrogens is 2. The summed E-state index contributed by atoms with van der Waals surface area (Å²) in [6.07, 6.45) is 5.54. The molecule has 0 aliphatic heterocycles. The maximum absolute atomic E-state index is 5.47. The molecule has 16 heavy (non-hydrogen) atoms. The van der Waals surface area contributed by atoms with Gasteiger partial charge in [-0.2, -0.15) is 0 Å². The first-order chi connectivity index (χ1) is 7.69. The van der Waals surface area contributed by atoms with Crippen LogP contribution in [0.5, 0.6) is 5.88 Å². The van der Waals surface area contributed by atoms with E-state index in [9.17, 15) is 0 Å². The van der Waals surface area contributed by atoms with Gasteiger partial charge in [-0.15, -0.1) is 0 Å². The molecule has 0 amide bonds. The van der Waals surface area contributed by atoms with Gasteiger partial charge in [-0.25, -0.2) is 4.98 Å². The van der Waals surface area contributed by atoms with E-state index in [-0.39, 0.29) is 0 Å². The smallest absolute Gasteiger partial charge is 0.232 e. The molecule has 0 N–H and O–H groups in total. The van der Waals surface area contributed by atoms with Crippen molar-refractivity contribution in [2.24, 2.45) is 0 Å². The van der Waals surface area contributed by atoms with Crippen molar-refractivity contribution in [3.8, 4) is 5.88 Å². The van der Waals surface area contributed by atoms with Crippen LogP contribution in [0.1, 0.15) is 45.2 Å². The molecule has 2 atom stereocenters. The summed E-state index contributed by atoms with van der Waals surface area (Å²) in [6.45, 7) is 7.07. The van der Waals surface area contributed by atoms with Gasteiger partial charge < -0.3 is 4.74 Å². The minimum absolute atomic E-state index is 0.350. The Bertz CT molecular complexity index is 320. The summed E-state index contributed by atoms with van der Waals surface area (Å²) >= 11 is 3.65. The van der Waals surface area contributed by atoms with Crippen LogP contribution >= 0.6 is 15.9 Å². The average Bonchev–Trinajstić information content (AvgIpc) is 2.34. The molecule has 0 spiro atoms. The maximum atomic E-state index is 5.47. The highest BCUT2D eigenvalue weighted by atomic mass is 79.9. The van der Waals surface area contributed by atoms with Crippen LogP contribution in [0, 0.1) is 0 Å². The monoisotopic (exact) mass is 286 g/mol. The fraction of sp³-hybridized carbons (Fsp3) is 0.667. The van der Waals surface area contributed by atoms with Crippen molar-refractivity contribution in [3.63, 3.8) is 0 Å². The minimum Gasteiger partial charge on any atom is -0.477 e. The van der Waals surface area contributed by atoms with Gasteiger partial charge >= 0.3 is 0 Å². The van der Waals surface area contributed by atoms with Crippen LogP contribution in [0.3, 0.4) is 0 Å². The molecule has 1 aromatic heterocycles. The Morgan fingerprint density at radius 1 is 1.38 bits per heavy atom. The summed E-state index contributed by atoms with van der Waals surface area (Å²) in [4.78, 5) is 9.07. The van der Waals surface area contributed by atoms with Crippen LogP contribution in [0.4, 0.5) is 0 Å². The second-order valence-corrected chi connectivity index (χ2v) is 5.02. The molecule has 2 unspecified atom stereocenters. The zero-order chi connectivity index (χ0) is 12.0. The van der Waals surface area contributed by atoms with Crippen molar-refractivity contribution in [2.45, 2.75) is 44.4 Å². The predicted molar refractivity (Wildman–Crippen MR) is 69.2 cm³/mol. The molecule has 1 aromatic rings. The van der Waals surface area contributed by atoms with Crippen molar-refractivity contribution >= 4 is 15.9 Å². The summed E-state index contributed by atoms with van der Waals surface area (Å²) in [7, 11) is 0. The second kappa shape index (κ2) is 6.84. The van der Waals surface area contributed by atoms with E-state index in [1.54, 1.807) is 6.20 Å².